The standard InChI is InChI=1S/C22H38FN3O4/c1-21(2,3)30-20(29)26-14-11-22(12-15-26,19(24)28)25-18(27)17-9-7-16(8-10-17)6-4-5-13-23/h16-17H,4-15H2,1-3H3,(H2,24,28)(H,25,27). The predicted octanol–water partition coefficient (Wildman–Crippen LogP) is 3.30. The van der Waals surface area contributed by atoms with Gasteiger partial charge in [0.25, 0.3) is 0 Å². The van der Waals surface area contributed by atoms with Crippen molar-refractivity contribution in [3.63, 3.8) is 0 Å². The van der Waals surface area contributed by atoms with Crippen LogP contribution in [0.25, 0.3) is 0 Å². The summed E-state index contributed by atoms with van der Waals surface area (Å²) in [6, 6.07) is 0. The Balaban J connectivity index is 1.87. The van der Waals surface area contributed by atoms with Crippen LogP contribution in [-0.2, 0) is 14.3 Å². The molecule has 0 aromatic carbocycles. The molecule has 30 heavy (non-hydrogen) atoms. The number of ether oxygens (including phenoxy) is 1. The Morgan fingerprint density at radius 2 is 1.70 bits per heavy atom. The molecule has 0 unspecified atom stereocenters. The minimum atomic E-state index is -1.12. The lowest BCUT2D eigenvalue weighted by Crippen LogP contribution is -2.63. The molecule has 0 radical (unpaired) electrons. The summed E-state index contributed by atoms with van der Waals surface area (Å²) in [6.07, 6.45) is 6.16. The number of nitrogens with zero attached hydrogens (tertiary/aromatic N) is 1. The third-order valence-corrected chi connectivity index (χ3v) is 6.32. The third kappa shape index (κ3) is 6.84. The molecule has 2 fully saturated rings. The van der Waals surface area contributed by atoms with Crippen LogP contribution in [0.2, 0.25) is 0 Å². The second-order valence-corrected chi connectivity index (χ2v) is 9.81. The molecule has 0 aromatic heterocycles. The number of likely N-dealkylation sites (tertiary alicyclic amines) is 1. The van der Waals surface area contributed by atoms with E-state index in [1.54, 1.807) is 25.7 Å². The van der Waals surface area contributed by atoms with Gasteiger partial charge in [-0.05, 0) is 71.6 Å². The highest BCUT2D eigenvalue weighted by Gasteiger charge is 2.44. The number of rotatable bonds is 7. The lowest BCUT2D eigenvalue weighted by Gasteiger charge is -2.41. The monoisotopic (exact) mass is 427 g/mol. The number of unbranched alkanes of at least 4 members (excludes halogenated alkanes) is 1. The largest absolute Gasteiger partial charge is 0.444 e. The van der Waals surface area contributed by atoms with Crippen LogP contribution < -0.4 is 11.1 Å². The number of nitrogens with two attached hydrogens (primary N) is 1. The molecule has 1 heterocycles. The summed E-state index contributed by atoms with van der Waals surface area (Å²) in [5.74, 6) is -0.244. The number of halogens is 1. The number of nitrogens with one attached hydrogen (secondary N) is 1. The minimum Gasteiger partial charge on any atom is -0.444 e. The van der Waals surface area contributed by atoms with E-state index in [4.69, 9.17) is 10.5 Å². The van der Waals surface area contributed by atoms with Gasteiger partial charge in [0.2, 0.25) is 11.8 Å². The van der Waals surface area contributed by atoms with E-state index in [9.17, 15) is 18.8 Å². The van der Waals surface area contributed by atoms with Gasteiger partial charge in [0.1, 0.15) is 11.1 Å². The Morgan fingerprint density at radius 1 is 1.10 bits per heavy atom. The molecular formula is C22H38FN3O4. The van der Waals surface area contributed by atoms with E-state index in [-0.39, 0.29) is 31.3 Å². The second-order valence-electron chi connectivity index (χ2n) is 9.81. The van der Waals surface area contributed by atoms with E-state index >= 15 is 0 Å². The van der Waals surface area contributed by atoms with E-state index in [2.05, 4.69) is 5.32 Å². The van der Waals surface area contributed by atoms with Gasteiger partial charge in [0.05, 0.1) is 6.67 Å². The molecule has 0 atom stereocenters. The van der Waals surface area contributed by atoms with E-state index in [1.165, 1.54) is 0 Å². The lowest BCUT2D eigenvalue weighted by molar-refractivity contribution is -0.136. The fourth-order valence-electron chi connectivity index (χ4n) is 4.41. The molecular weight excluding hydrogens is 389 g/mol. The fraction of sp³-hybridized carbons (Fsp3) is 0.864. The van der Waals surface area contributed by atoms with Gasteiger partial charge in [-0.15, -0.1) is 0 Å². The number of piperidine rings is 1. The second kappa shape index (κ2) is 10.4. The van der Waals surface area contributed by atoms with Crippen molar-refractivity contribution in [3.05, 3.63) is 0 Å². The van der Waals surface area contributed by atoms with Crippen molar-refractivity contribution in [2.24, 2.45) is 17.6 Å². The molecule has 0 spiro atoms. The number of primary amides is 1. The predicted molar refractivity (Wildman–Crippen MR) is 112 cm³/mol. The van der Waals surface area contributed by atoms with Gasteiger partial charge in [-0.1, -0.05) is 12.8 Å². The SMILES string of the molecule is CC(C)(C)OC(=O)N1CCC(NC(=O)C2CCC(CCCCF)CC2)(C(N)=O)CC1. The zero-order valence-electron chi connectivity index (χ0n) is 18.7. The molecule has 1 aliphatic carbocycles. The molecule has 172 valence electrons. The Kier molecular flexibility index (Phi) is 8.50. The van der Waals surface area contributed by atoms with Crippen LogP contribution in [0.1, 0.15) is 78.6 Å². The zero-order valence-corrected chi connectivity index (χ0v) is 18.7. The highest BCUT2D eigenvalue weighted by molar-refractivity contribution is 5.91. The quantitative estimate of drug-likeness (QED) is 0.609. The van der Waals surface area contributed by atoms with Gasteiger partial charge < -0.3 is 20.7 Å². The Labute approximate surface area is 179 Å². The lowest BCUT2D eigenvalue weighted by atomic mass is 9.78. The van der Waals surface area contributed by atoms with E-state index in [0.29, 0.717) is 25.4 Å². The number of amides is 3. The van der Waals surface area contributed by atoms with Crippen LogP contribution in [-0.4, -0.2) is 53.7 Å². The average molecular weight is 428 g/mol. The van der Waals surface area contributed by atoms with Crippen molar-refractivity contribution in [2.45, 2.75) is 89.7 Å². The normalized spacial score (nSPS) is 24.2. The summed E-state index contributed by atoms with van der Waals surface area (Å²) >= 11 is 0. The summed E-state index contributed by atoms with van der Waals surface area (Å²) in [7, 11) is 0. The third-order valence-electron chi connectivity index (χ3n) is 6.32. The van der Waals surface area contributed by atoms with Gasteiger partial charge in [0.15, 0.2) is 0 Å². The van der Waals surface area contributed by atoms with E-state index in [0.717, 1.165) is 38.5 Å². The number of hydrogen-bond acceptors (Lipinski definition) is 4. The van der Waals surface area contributed by atoms with Crippen LogP contribution in [0, 0.1) is 11.8 Å². The van der Waals surface area contributed by atoms with Crippen LogP contribution in [0.5, 0.6) is 0 Å². The molecule has 0 aromatic rings. The molecule has 7 nitrogen and oxygen atoms in total. The van der Waals surface area contributed by atoms with Crippen LogP contribution in [0.3, 0.4) is 0 Å². The zero-order chi connectivity index (χ0) is 22.4. The summed E-state index contributed by atoms with van der Waals surface area (Å²) in [5, 5.41) is 2.93. The maximum Gasteiger partial charge on any atom is 0.410 e. The van der Waals surface area contributed by atoms with Crippen molar-refractivity contribution in [1.82, 2.24) is 10.2 Å². The van der Waals surface area contributed by atoms with E-state index in [1.807, 2.05) is 0 Å². The Bertz CT molecular complexity index is 604. The molecule has 1 saturated heterocycles. The highest BCUT2D eigenvalue weighted by atomic mass is 19.1. The average Bonchev–Trinajstić information content (AvgIpc) is 2.67. The topological polar surface area (TPSA) is 102 Å². The molecule has 3 amide bonds. The number of alkyl halides is 1. The minimum absolute atomic E-state index is 0.123. The van der Waals surface area contributed by atoms with Gasteiger partial charge in [-0.2, -0.15) is 0 Å². The molecule has 3 N–H and O–H groups in total. The number of carbonyl (C=O) groups excluding carboxylic acids is 3. The van der Waals surface area contributed by atoms with Crippen molar-refractivity contribution in [2.75, 3.05) is 19.8 Å². The molecule has 1 saturated carbocycles. The smallest absolute Gasteiger partial charge is 0.410 e. The number of carbonyl (C=O) groups is 3. The first kappa shape index (κ1) is 24.4. The molecule has 8 heteroatoms. The van der Waals surface area contributed by atoms with Crippen molar-refractivity contribution in [1.29, 1.82) is 0 Å². The molecule has 0 bridgehead atoms. The summed E-state index contributed by atoms with van der Waals surface area (Å²) in [4.78, 5) is 38.9. The van der Waals surface area contributed by atoms with Gasteiger partial charge in [0, 0.05) is 19.0 Å². The Morgan fingerprint density at radius 3 is 2.20 bits per heavy atom. The van der Waals surface area contributed by atoms with Crippen LogP contribution in [0.15, 0.2) is 0 Å². The first-order chi connectivity index (χ1) is 14.1. The van der Waals surface area contributed by atoms with Crippen LogP contribution >= 0.6 is 0 Å². The molecule has 1 aliphatic heterocycles. The van der Waals surface area contributed by atoms with Crippen molar-refractivity contribution >= 4 is 17.9 Å². The van der Waals surface area contributed by atoms with Crippen molar-refractivity contribution < 1.29 is 23.5 Å². The first-order valence-electron chi connectivity index (χ1n) is 11.2. The van der Waals surface area contributed by atoms with Crippen LogP contribution in [0.4, 0.5) is 9.18 Å². The van der Waals surface area contributed by atoms with Gasteiger partial charge >= 0.3 is 6.09 Å². The van der Waals surface area contributed by atoms with E-state index < -0.39 is 23.1 Å². The molecule has 2 aliphatic rings. The Hall–Kier alpha value is -1.86. The maximum atomic E-state index is 12.9. The highest BCUT2D eigenvalue weighted by Crippen LogP contribution is 2.33. The summed E-state index contributed by atoms with van der Waals surface area (Å²) in [5.41, 5.74) is 3.97. The molecule has 2 rings (SSSR count). The van der Waals surface area contributed by atoms with Crippen molar-refractivity contribution in [3.8, 4) is 0 Å². The van der Waals surface area contributed by atoms with Gasteiger partial charge in [-0.25, -0.2) is 4.79 Å². The maximum absolute atomic E-state index is 12.9. The first-order valence-corrected chi connectivity index (χ1v) is 11.2. The fourth-order valence-corrected chi connectivity index (χ4v) is 4.41. The van der Waals surface area contributed by atoms with Gasteiger partial charge in [-0.3, -0.25) is 14.0 Å². The summed E-state index contributed by atoms with van der Waals surface area (Å²) < 4.78 is 17.7. The number of hydrogen-bond donors (Lipinski definition) is 2. The summed E-state index contributed by atoms with van der Waals surface area (Å²) in [6.45, 7) is 5.76.